The Hall–Kier alpha value is -1.88. The summed E-state index contributed by atoms with van der Waals surface area (Å²) in [6.45, 7) is 1.84. The fourth-order valence-electron chi connectivity index (χ4n) is 1.79. The number of nitrogens with one attached hydrogen (secondary N) is 1. The molecule has 2 rings (SSSR count). The smallest absolute Gasteiger partial charge is 0.397 e. The van der Waals surface area contributed by atoms with E-state index in [9.17, 15) is 13.2 Å². The first-order valence-corrected chi connectivity index (χ1v) is 6.15. The van der Waals surface area contributed by atoms with Gasteiger partial charge in [0.25, 0.3) is 0 Å². The van der Waals surface area contributed by atoms with Crippen LogP contribution in [0.25, 0.3) is 0 Å². The molecule has 0 amide bonds. The summed E-state index contributed by atoms with van der Waals surface area (Å²) in [5, 5.41) is 2.95. The molecule has 0 saturated heterocycles. The minimum atomic E-state index is -4.41. The van der Waals surface area contributed by atoms with Crippen molar-refractivity contribution < 1.29 is 13.2 Å². The zero-order valence-corrected chi connectivity index (χ0v) is 11.3. The largest absolute Gasteiger partial charge is 0.416 e. The van der Waals surface area contributed by atoms with Gasteiger partial charge in [-0.05, 0) is 36.8 Å². The highest BCUT2D eigenvalue weighted by Gasteiger charge is 2.30. The molecule has 3 N–H and O–H groups in total. The van der Waals surface area contributed by atoms with Crippen LogP contribution in [0.2, 0.25) is 5.02 Å². The number of hydrogen-bond acceptors (Lipinski definition) is 2. The first kappa shape index (κ1) is 14.5. The van der Waals surface area contributed by atoms with Gasteiger partial charge in [-0.25, -0.2) is 0 Å². The van der Waals surface area contributed by atoms with E-state index in [0.29, 0.717) is 17.1 Å². The van der Waals surface area contributed by atoms with Crippen molar-refractivity contribution in [1.29, 1.82) is 0 Å². The molecule has 0 spiro atoms. The van der Waals surface area contributed by atoms with Crippen molar-refractivity contribution in [3.63, 3.8) is 0 Å². The van der Waals surface area contributed by atoms with Gasteiger partial charge < -0.3 is 11.1 Å². The molecule has 0 saturated carbocycles. The van der Waals surface area contributed by atoms with Gasteiger partial charge in [0, 0.05) is 0 Å². The summed E-state index contributed by atoms with van der Waals surface area (Å²) in [5.74, 6) is 0. The fraction of sp³-hybridized carbons (Fsp3) is 0.143. The number of nitrogen functional groups attached to an aromatic ring is 1. The Kier molecular flexibility index (Phi) is 3.81. The molecule has 6 heteroatoms. The van der Waals surface area contributed by atoms with Gasteiger partial charge in [-0.15, -0.1) is 0 Å². The molecule has 0 aliphatic heterocycles. The molecular formula is C14H12ClF3N2. The van der Waals surface area contributed by atoms with Crippen molar-refractivity contribution >= 4 is 28.7 Å². The van der Waals surface area contributed by atoms with Crippen LogP contribution in [-0.4, -0.2) is 0 Å². The van der Waals surface area contributed by atoms with Crippen LogP contribution in [0.15, 0.2) is 36.4 Å². The number of nitrogens with two attached hydrogens (primary N) is 1. The maximum absolute atomic E-state index is 12.6. The lowest BCUT2D eigenvalue weighted by Crippen LogP contribution is -2.05. The predicted octanol–water partition coefficient (Wildman–Crippen LogP) is 4.99. The quantitative estimate of drug-likeness (QED) is 0.767. The van der Waals surface area contributed by atoms with Crippen molar-refractivity contribution in [2.75, 3.05) is 11.1 Å². The van der Waals surface area contributed by atoms with E-state index in [0.717, 1.165) is 17.7 Å². The lowest BCUT2D eigenvalue weighted by molar-refractivity contribution is -0.137. The predicted molar refractivity (Wildman–Crippen MR) is 75.3 cm³/mol. The van der Waals surface area contributed by atoms with E-state index >= 15 is 0 Å². The molecule has 0 unspecified atom stereocenters. The third-order valence-electron chi connectivity index (χ3n) is 2.86. The summed E-state index contributed by atoms with van der Waals surface area (Å²) in [5.41, 5.74) is 7.43. The Bertz CT molecular complexity index is 619. The van der Waals surface area contributed by atoms with Crippen LogP contribution in [0.5, 0.6) is 0 Å². The molecule has 0 atom stereocenters. The van der Waals surface area contributed by atoms with Crippen molar-refractivity contribution in [3.05, 3.63) is 52.5 Å². The number of hydrogen-bond donors (Lipinski definition) is 2. The monoisotopic (exact) mass is 300 g/mol. The van der Waals surface area contributed by atoms with E-state index in [1.165, 1.54) is 6.07 Å². The van der Waals surface area contributed by atoms with Gasteiger partial charge in [-0.3, -0.25) is 0 Å². The maximum atomic E-state index is 12.6. The Balaban J connectivity index is 2.36. The van der Waals surface area contributed by atoms with E-state index in [1.807, 2.05) is 13.0 Å². The Morgan fingerprint density at radius 2 is 1.85 bits per heavy atom. The lowest BCUT2D eigenvalue weighted by atomic mass is 10.1. The van der Waals surface area contributed by atoms with Crippen molar-refractivity contribution in [2.45, 2.75) is 13.1 Å². The second-order valence-corrected chi connectivity index (χ2v) is 4.76. The number of aryl methyl sites for hydroxylation is 1. The van der Waals surface area contributed by atoms with Crippen molar-refractivity contribution in [1.82, 2.24) is 0 Å². The Morgan fingerprint density at radius 3 is 2.40 bits per heavy atom. The summed E-state index contributed by atoms with van der Waals surface area (Å²) in [6.07, 6.45) is -4.41. The molecule has 0 aliphatic rings. The van der Waals surface area contributed by atoms with Crippen LogP contribution in [0.3, 0.4) is 0 Å². The normalized spacial score (nSPS) is 11.4. The molecule has 0 bridgehead atoms. The molecule has 0 aromatic heterocycles. The van der Waals surface area contributed by atoms with E-state index < -0.39 is 11.7 Å². The number of halogens is 4. The molecule has 106 valence electrons. The van der Waals surface area contributed by atoms with E-state index in [1.54, 1.807) is 12.1 Å². The molecule has 2 aromatic rings. The van der Waals surface area contributed by atoms with Gasteiger partial charge in [-0.1, -0.05) is 23.7 Å². The highest BCUT2D eigenvalue weighted by Crippen LogP contribution is 2.36. The average molecular weight is 301 g/mol. The minimum Gasteiger partial charge on any atom is -0.397 e. The highest BCUT2D eigenvalue weighted by atomic mass is 35.5. The van der Waals surface area contributed by atoms with Gasteiger partial charge in [0.2, 0.25) is 0 Å². The maximum Gasteiger partial charge on any atom is 0.416 e. The molecular weight excluding hydrogens is 289 g/mol. The lowest BCUT2D eigenvalue weighted by Gasteiger charge is -2.15. The zero-order chi connectivity index (χ0) is 14.9. The van der Waals surface area contributed by atoms with E-state index in [-0.39, 0.29) is 5.02 Å². The van der Waals surface area contributed by atoms with Crippen molar-refractivity contribution in [2.24, 2.45) is 0 Å². The Labute approximate surface area is 119 Å². The molecule has 0 fully saturated rings. The van der Waals surface area contributed by atoms with Gasteiger partial charge in [-0.2, -0.15) is 13.2 Å². The summed E-state index contributed by atoms with van der Waals surface area (Å²) in [7, 11) is 0. The minimum absolute atomic E-state index is 0.0116. The number of rotatable bonds is 2. The fourth-order valence-corrected chi connectivity index (χ4v) is 2.02. The molecule has 20 heavy (non-hydrogen) atoms. The van der Waals surface area contributed by atoms with Crippen LogP contribution in [-0.2, 0) is 6.18 Å². The molecule has 0 aliphatic carbocycles. The zero-order valence-electron chi connectivity index (χ0n) is 10.6. The van der Waals surface area contributed by atoms with Crippen molar-refractivity contribution in [3.8, 4) is 0 Å². The average Bonchev–Trinajstić information content (AvgIpc) is 2.34. The van der Waals surface area contributed by atoms with Crippen LogP contribution in [0.1, 0.15) is 11.1 Å². The second kappa shape index (κ2) is 5.25. The summed E-state index contributed by atoms with van der Waals surface area (Å²) in [6, 6.07) is 8.49. The number of anilines is 3. The van der Waals surface area contributed by atoms with Gasteiger partial charge in [0.15, 0.2) is 0 Å². The second-order valence-electron chi connectivity index (χ2n) is 4.36. The number of para-hydroxylation sites is 1. The van der Waals surface area contributed by atoms with Gasteiger partial charge in [0.1, 0.15) is 0 Å². The Morgan fingerprint density at radius 1 is 1.15 bits per heavy atom. The van der Waals surface area contributed by atoms with Crippen LogP contribution in [0.4, 0.5) is 30.2 Å². The molecule has 2 aromatic carbocycles. The molecule has 0 heterocycles. The third kappa shape index (κ3) is 2.99. The first-order chi connectivity index (χ1) is 9.29. The number of alkyl halides is 3. The summed E-state index contributed by atoms with van der Waals surface area (Å²) in [4.78, 5) is 0. The van der Waals surface area contributed by atoms with Crippen LogP contribution in [0, 0.1) is 6.92 Å². The topological polar surface area (TPSA) is 38.0 Å². The van der Waals surface area contributed by atoms with Gasteiger partial charge >= 0.3 is 6.18 Å². The van der Waals surface area contributed by atoms with Crippen LogP contribution < -0.4 is 11.1 Å². The third-order valence-corrected chi connectivity index (χ3v) is 3.17. The van der Waals surface area contributed by atoms with E-state index in [4.69, 9.17) is 17.3 Å². The summed E-state index contributed by atoms with van der Waals surface area (Å²) < 4.78 is 37.7. The van der Waals surface area contributed by atoms with Crippen LogP contribution >= 0.6 is 11.6 Å². The standard InChI is InChI=1S/C14H12ClF3N2/c1-8-3-2-4-11(19)13(8)20-12-6-5-9(7-10(12)15)14(16,17)18/h2-7,20H,19H2,1H3. The summed E-state index contributed by atoms with van der Waals surface area (Å²) >= 11 is 5.89. The first-order valence-electron chi connectivity index (χ1n) is 5.78. The molecule has 0 radical (unpaired) electrons. The van der Waals surface area contributed by atoms with E-state index in [2.05, 4.69) is 5.32 Å². The van der Waals surface area contributed by atoms with Gasteiger partial charge in [0.05, 0.1) is 27.6 Å². The molecule has 2 nitrogen and oxygen atoms in total. The highest BCUT2D eigenvalue weighted by molar-refractivity contribution is 6.33. The number of benzene rings is 2. The SMILES string of the molecule is Cc1cccc(N)c1Nc1ccc(C(F)(F)F)cc1Cl.